The topological polar surface area (TPSA) is 21.3 Å². The number of rotatable bonds is 8. The Morgan fingerprint density at radius 2 is 1.65 bits per heavy atom. The lowest BCUT2D eigenvalue weighted by atomic mass is 10.1. The Morgan fingerprint density at radius 3 is 2.20 bits per heavy atom. The monoisotopic (exact) mass is 275 g/mol. The first kappa shape index (κ1) is 15.2. The van der Waals surface area contributed by atoms with Gasteiger partial charge in [-0.05, 0) is 62.8 Å². The molecule has 2 nitrogen and oxygen atoms in total. The van der Waals surface area contributed by atoms with E-state index in [2.05, 4.69) is 43.4 Å². The predicted octanol–water partition coefficient (Wildman–Crippen LogP) is 5.39. The third-order valence-electron chi connectivity index (χ3n) is 4.10. The molecule has 0 aromatic heterocycles. The summed E-state index contributed by atoms with van der Waals surface area (Å²) in [6.07, 6.45) is 10.5. The van der Waals surface area contributed by atoms with Crippen LogP contribution in [0.25, 0.3) is 0 Å². The molecule has 2 heteroatoms. The van der Waals surface area contributed by atoms with Crippen LogP contribution in [0.5, 0.6) is 5.75 Å². The Kier molecular flexibility index (Phi) is 6.23. The van der Waals surface area contributed by atoms with Crippen molar-refractivity contribution < 1.29 is 4.74 Å². The van der Waals surface area contributed by atoms with Crippen LogP contribution in [0.3, 0.4) is 0 Å². The molecule has 0 aliphatic heterocycles. The molecule has 1 saturated carbocycles. The number of hydrogen-bond donors (Lipinski definition) is 1. The van der Waals surface area contributed by atoms with E-state index in [1.165, 1.54) is 57.1 Å². The minimum Gasteiger partial charge on any atom is -0.490 e. The Balaban J connectivity index is 1.86. The molecule has 1 aromatic carbocycles. The number of nitrogens with one attached hydrogen (secondary N) is 1. The standard InChI is InChI=1S/C18H29NO/c1-3-7-15(8-4-2)19-16-11-13-18(14-12-16)20-17-9-5-6-10-17/h11-15,17,19H,3-10H2,1-2H3. The molecule has 0 saturated heterocycles. The first-order valence-electron chi connectivity index (χ1n) is 8.35. The van der Waals surface area contributed by atoms with Crippen LogP contribution in [0.1, 0.15) is 65.2 Å². The van der Waals surface area contributed by atoms with E-state index in [0.29, 0.717) is 12.1 Å². The van der Waals surface area contributed by atoms with E-state index in [1.807, 2.05) is 0 Å². The normalized spacial score (nSPS) is 15.8. The first-order valence-corrected chi connectivity index (χ1v) is 8.35. The summed E-state index contributed by atoms with van der Waals surface area (Å²) in [6, 6.07) is 9.13. The van der Waals surface area contributed by atoms with Crippen molar-refractivity contribution in [1.82, 2.24) is 0 Å². The van der Waals surface area contributed by atoms with Crippen molar-refractivity contribution in [2.75, 3.05) is 5.32 Å². The van der Waals surface area contributed by atoms with Gasteiger partial charge in [-0.3, -0.25) is 0 Å². The van der Waals surface area contributed by atoms with Crippen molar-refractivity contribution in [3.63, 3.8) is 0 Å². The lowest BCUT2D eigenvalue weighted by Crippen LogP contribution is -2.18. The average Bonchev–Trinajstić information content (AvgIpc) is 2.94. The van der Waals surface area contributed by atoms with Crippen LogP contribution in [0, 0.1) is 0 Å². The van der Waals surface area contributed by atoms with E-state index in [4.69, 9.17) is 4.74 Å². The van der Waals surface area contributed by atoms with Gasteiger partial charge in [0.1, 0.15) is 5.75 Å². The first-order chi connectivity index (χ1) is 9.81. The van der Waals surface area contributed by atoms with Crippen molar-refractivity contribution >= 4 is 5.69 Å². The largest absolute Gasteiger partial charge is 0.490 e. The zero-order chi connectivity index (χ0) is 14.2. The van der Waals surface area contributed by atoms with Crippen LogP contribution in [0.15, 0.2) is 24.3 Å². The minimum absolute atomic E-state index is 0.446. The second kappa shape index (κ2) is 8.18. The molecule has 0 amide bonds. The van der Waals surface area contributed by atoms with Crippen LogP contribution in [-0.2, 0) is 0 Å². The SMILES string of the molecule is CCCC(CCC)Nc1ccc(OC2CCCC2)cc1. The fourth-order valence-electron chi connectivity index (χ4n) is 3.05. The Bertz CT molecular complexity index is 362. The van der Waals surface area contributed by atoms with E-state index in [-0.39, 0.29) is 0 Å². The molecule has 0 radical (unpaired) electrons. The second-order valence-corrected chi connectivity index (χ2v) is 5.97. The average molecular weight is 275 g/mol. The minimum atomic E-state index is 0.446. The Morgan fingerprint density at radius 1 is 1.05 bits per heavy atom. The van der Waals surface area contributed by atoms with Gasteiger partial charge in [0, 0.05) is 11.7 Å². The summed E-state index contributed by atoms with van der Waals surface area (Å²) >= 11 is 0. The van der Waals surface area contributed by atoms with Gasteiger partial charge in [-0.15, -0.1) is 0 Å². The molecule has 1 fully saturated rings. The summed E-state index contributed by atoms with van der Waals surface area (Å²) < 4.78 is 6.00. The fraction of sp³-hybridized carbons (Fsp3) is 0.667. The molecule has 1 N–H and O–H groups in total. The number of anilines is 1. The molecule has 0 heterocycles. The molecule has 0 atom stereocenters. The van der Waals surface area contributed by atoms with Gasteiger partial charge in [0.25, 0.3) is 0 Å². The quantitative estimate of drug-likeness (QED) is 0.687. The Hall–Kier alpha value is -1.18. The molecule has 112 valence electrons. The van der Waals surface area contributed by atoms with Crippen molar-refractivity contribution in [1.29, 1.82) is 0 Å². The molecule has 0 spiro atoms. The molecular weight excluding hydrogens is 246 g/mol. The summed E-state index contributed by atoms with van der Waals surface area (Å²) in [6.45, 7) is 4.51. The highest BCUT2D eigenvalue weighted by Crippen LogP contribution is 2.25. The van der Waals surface area contributed by atoms with Gasteiger partial charge < -0.3 is 10.1 Å². The summed E-state index contributed by atoms with van der Waals surface area (Å²) in [4.78, 5) is 0. The van der Waals surface area contributed by atoms with Gasteiger partial charge in [0.15, 0.2) is 0 Å². The molecule has 20 heavy (non-hydrogen) atoms. The van der Waals surface area contributed by atoms with Crippen LogP contribution in [-0.4, -0.2) is 12.1 Å². The third-order valence-corrected chi connectivity index (χ3v) is 4.10. The maximum Gasteiger partial charge on any atom is 0.119 e. The lowest BCUT2D eigenvalue weighted by Gasteiger charge is -2.19. The maximum absolute atomic E-state index is 6.00. The molecule has 1 aliphatic rings. The van der Waals surface area contributed by atoms with E-state index in [9.17, 15) is 0 Å². The summed E-state index contributed by atoms with van der Waals surface area (Å²) in [5.41, 5.74) is 1.22. The van der Waals surface area contributed by atoms with Crippen molar-refractivity contribution in [3.8, 4) is 5.75 Å². The molecule has 0 unspecified atom stereocenters. The smallest absolute Gasteiger partial charge is 0.119 e. The second-order valence-electron chi connectivity index (χ2n) is 5.97. The van der Waals surface area contributed by atoms with E-state index < -0.39 is 0 Å². The molecule has 2 rings (SSSR count). The number of hydrogen-bond acceptors (Lipinski definition) is 2. The zero-order valence-corrected chi connectivity index (χ0v) is 13.0. The van der Waals surface area contributed by atoms with Gasteiger partial charge in [-0.25, -0.2) is 0 Å². The zero-order valence-electron chi connectivity index (χ0n) is 13.0. The highest BCUT2D eigenvalue weighted by molar-refractivity contribution is 5.47. The summed E-state index contributed by atoms with van der Waals surface area (Å²) in [5.74, 6) is 1.02. The maximum atomic E-state index is 6.00. The predicted molar refractivity (Wildman–Crippen MR) is 86.6 cm³/mol. The Labute approximate surface area is 123 Å². The van der Waals surface area contributed by atoms with Gasteiger partial charge >= 0.3 is 0 Å². The van der Waals surface area contributed by atoms with Crippen LogP contribution >= 0.6 is 0 Å². The third kappa shape index (κ3) is 4.73. The van der Waals surface area contributed by atoms with Crippen LogP contribution in [0.2, 0.25) is 0 Å². The number of benzene rings is 1. The highest BCUT2D eigenvalue weighted by Gasteiger charge is 2.16. The molecular formula is C18H29NO. The van der Waals surface area contributed by atoms with Crippen molar-refractivity contribution in [2.24, 2.45) is 0 Å². The van der Waals surface area contributed by atoms with Crippen molar-refractivity contribution in [3.05, 3.63) is 24.3 Å². The van der Waals surface area contributed by atoms with Crippen molar-refractivity contribution in [2.45, 2.75) is 77.4 Å². The molecule has 1 aliphatic carbocycles. The number of ether oxygens (including phenoxy) is 1. The van der Waals surface area contributed by atoms with E-state index >= 15 is 0 Å². The van der Waals surface area contributed by atoms with Gasteiger partial charge in [-0.2, -0.15) is 0 Å². The highest BCUT2D eigenvalue weighted by atomic mass is 16.5. The van der Waals surface area contributed by atoms with E-state index in [0.717, 1.165) is 5.75 Å². The van der Waals surface area contributed by atoms with Crippen LogP contribution in [0.4, 0.5) is 5.69 Å². The molecule has 0 bridgehead atoms. The summed E-state index contributed by atoms with van der Waals surface area (Å²) in [5, 5.41) is 3.65. The van der Waals surface area contributed by atoms with Gasteiger partial charge in [0.2, 0.25) is 0 Å². The summed E-state index contributed by atoms with van der Waals surface area (Å²) in [7, 11) is 0. The molecule has 1 aromatic rings. The van der Waals surface area contributed by atoms with Crippen LogP contribution < -0.4 is 10.1 Å². The fourth-order valence-corrected chi connectivity index (χ4v) is 3.05. The van der Waals surface area contributed by atoms with E-state index in [1.54, 1.807) is 0 Å². The lowest BCUT2D eigenvalue weighted by molar-refractivity contribution is 0.210. The van der Waals surface area contributed by atoms with Gasteiger partial charge in [-0.1, -0.05) is 26.7 Å². The van der Waals surface area contributed by atoms with Gasteiger partial charge in [0.05, 0.1) is 6.10 Å².